The van der Waals surface area contributed by atoms with Crippen molar-refractivity contribution >= 4 is 30.2 Å². The molecule has 0 N–H and O–H groups in total. The monoisotopic (exact) mass is 210 g/mol. The number of carboxylic acids is 1. The van der Waals surface area contributed by atoms with Gasteiger partial charge in [-0.25, -0.2) is 0 Å². The molecule has 1 aromatic rings. The molecule has 5 heteroatoms. The molecule has 0 radical (unpaired) electrons. The first-order chi connectivity index (χ1) is 5.13. The van der Waals surface area contributed by atoms with Crippen LogP contribution >= 0.6 is 24.2 Å². The minimum absolute atomic E-state index is 0. The van der Waals surface area contributed by atoms with Gasteiger partial charge in [0.2, 0.25) is 0 Å². The van der Waals surface area contributed by atoms with E-state index in [9.17, 15) is 9.90 Å². The number of carbonyl (C=O) groups excluding carboxylic acids is 1. The summed E-state index contributed by atoms with van der Waals surface area (Å²) in [6.45, 7) is 0. The smallest absolute Gasteiger partial charge is 0.545 e. The molecule has 0 fully saturated rings. The minimum Gasteiger partial charge on any atom is -0.545 e. The Morgan fingerprint density at radius 2 is 2.08 bits per heavy atom. The number of rotatable bonds is 1. The number of thiol groups is 1. The molecule has 58 valence electrons. The Morgan fingerprint density at radius 3 is 2.42 bits per heavy atom. The number of carboxylic acid groups (broad SMARTS) is 1. The van der Waals surface area contributed by atoms with E-state index in [4.69, 9.17) is 11.6 Å². The number of benzene rings is 1. The van der Waals surface area contributed by atoms with E-state index in [1.54, 1.807) is 12.1 Å². The zero-order valence-electron chi connectivity index (χ0n) is 6.37. The minimum atomic E-state index is -1.30. The zero-order valence-corrected chi connectivity index (χ0v) is 10.0. The summed E-state index contributed by atoms with van der Waals surface area (Å²) in [5, 5.41) is 10.5. The van der Waals surface area contributed by atoms with Crippen LogP contribution in [-0.4, -0.2) is 5.97 Å². The topological polar surface area (TPSA) is 40.1 Å². The van der Waals surface area contributed by atoms with Gasteiger partial charge in [-0.3, -0.25) is 0 Å². The number of halogens is 1. The van der Waals surface area contributed by atoms with Gasteiger partial charge in [-0.2, -0.15) is 0 Å². The summed E-state index contributed by atoms with van der Waals surface area (Å²) in [6.07, 6.45) is 0. The molecule has 0 spiro atoms. The van der Waals surface area contributed by atoms with Gasteiger partial charge in [0.05, 0.1) is 11.0 Å². The molecule has 0 amide bonds. The fourth-order valence-electron chi connectivity index (χ4n) is 0.715. The average Bonchev–Trinajstić information content (AvgIpc) is 1.85. The molecule has 0 aliphatic heterocycles. The van der Waals surface area contributed by atoms with Gasteiger partial charge in [0, 0.05) is 10.5 Å². The Kier molecular flexibility index (Phi) is 5.29. The molecule has 0 saturated carbocycles. The maximum Gasteiger partial charge on any atom is 1.00 e. The number of hydrogen-bond acceptors (Lipinski definition) is 3. The van der Waals surface area contributed by atoms with Gasteiger partial charge in [-0.15, -0.1) is 12.6 Å². The SMILES string of the molecule is O=C([O-])c1c(S)cccc1Cl.[Na+]. The average molecular weight is 211 g/mol. The van der Waals surface area contributed by atoms with Gasteiger partial charge >= 0.3 is 29.6 Å². The quantitative estimate of drug-likeness (QED) is 0.430. The van der Waals surface area contributed by atoms with Crippen LogP contribution in [0.15, 0.2) is 23.1 Å². The van der Waals surface area contributed by atoms with Gasteiger partial charge in [-0.05, 0) is 12.1 Å². The summed E-state index contributed by atoms with van der Waals surface area (Å²) in [7, 11) is 0. The molecule has 0 atom stereocenters. The van der Waals surface area contributed by atoms with Crippen molar-refractivity contribution in [1.29, 1.82) is 0 Å². The van der Waals surface area contributed by atoms with Crippen molar-refractivity contribution in [3.05, 3.63) is 28.8 Å². The molecule has 0 aliphatic carbocycles. The van der Waals surface area contributed by atoms with Crippen LogP contribution < -0.4 is 34.7 Å². The Hall–Kier alpha value is 0.330. The van der Waals surface area contributed by atoms with Crippen LogP contribution in [0.3, 0.4) is 0 Å². The largest absolute Gasteiger partial charge is 1.00 e. The van der Waals surface area contributed by atoms with Gasteiger partial charge in [0.1, 0.15) is 0 Å². The van der Waals surface area contributed by atoms with Crippen LogP contribution in [0.4, 0.5) is 0 Å². The molecule has 1 aromatic carbocycles. The maximum absolute atomic E-state index is 10.4. The summed E-state index contributed by atoms with van der Waals surface area (Å²) in [4.78, 5) is 10.7. The fourth-order valence-corrected chi connectivity index (χ4v) is 1.33. The Morgan fingerprint density at radius 1 is 1.50 bits per heavy atom. The second kappa shape index (κ2) is 5.14. The molecule has 0 aliphatic rings. The van der Waals surface area contributed by atoms with Crippen LogP contribution in [0.25, 0.3) is 0 Å². The molecule has 0 heterocycles. The fraction of sp³-hybridized carbons (Fsp3) is 0. The molecule has 0 unspecified atom stereocenters. The van der Waals surface area contributed by atoms with Gasteiger partial charge in [0.15, 0.2) is 0 Å². The third-order valence-corrected chi connectivity index (χ3v) is 1.88. The Balaban J connectivity index is 0.00000121. The second-order valence-electron chi connectivity index (χ2n) is 1.92. The molecular weight excluding hydrogens is 207 g/mol. The van der Waals surface area contributed by atoms with Gasteiger partial charge in [-0.1, -0.05) is 17.7 Å². The van der Waals surface area contributed by atoms with E-state index in [-0.39, 0.29) is 40.1 Å². The zero-order chi connectivity index (χ0) is 8.43. The Labute approximate surface area is 103 Å². The summed E-state index contributed by atoms with van der Waals surface area (Å²) < 4.78 is 0. The van der Waals surface area contributed by atoms with E-state index in [0.717, 1.165) is 0 Å². The van der Waals surface area contributed by atoms with E-state index in [1.165, 1.54) is 6.07 Å². The first-order valence-corrected chi connectivity index (χ1v) is 3.64. The molecule has 0 aromatic heterocycles. The van der Waals surface area contributed by atoms with Crippen molar-refractivity contribution < 1.29 is 39.5 Å². The van der Waals surface area contributed by atoms with Crippen LogP contribution in [-0.2, 0) is 0 Å². The van der Waals surface area contributed by atoms with Crippen LogP contribution in [0.2, 0.25) is 5.02 Å². The van der Waals surface area contributed by atoms with Gasteiger partial charge in [0.25, 0.3) is 0 Å². The third-order valence-electron chi connectivity index (χ3n) is 1.20. The van der Waals surface area contributed by atoms with E-state index in [1.807, 2.05) is 0 Å². The number of carbonyl (C=O) groups is 1. The molecule has 0 bridgehead atoms. The Bertz CT molecular complexity index is 283. The van der Waals surface area contributed by atoms with E-state index >= 15 is 0 Å². The molecule has 12 heavy (non-hydrogen) atoms. The predicted molar refractivity (Wildman–Crippen MR) is 43.0 cm³/mol. The first kappa shape index (κ1) is 12.3. The summed E-state index contributed by atoms with van der Waals surface area (Å²) in [5.74, 6) is -1.30. The summed E-state index contributed by atoms with van der Waals surface area (Å²) in [5.41, 5.74) is -0.0579. The summed E-state index contributed by atoms with van der Waals surface area (Å²) in [6, 6.07) is 4.64. The second-order valence-corrected chi connectivity index (χ2v) is 2.81. The van der Waals surface area contributed by atoms with Crippen molar-refractivity contribution in [3.63, 3.8) is 0 Å². The van der Waals surface area contributed by atoms with Crippen molar-refractivity contribution in [2.75, 3.05) is 0 Å². The summed E-state index contributed by atoms with van der Waals surface area (Å²) >= 11 is 9.46. The normalized spacial score (nSPS) is 8.83. The van der Waals surface area contributed by atoms with Crippen LogP contribution in [0.5, 0.6) is 0 Å². The van der Waals surface area contributed by atoms with Crippen molar-refractivity contribution in [2.24, 2.45) is 0 Å². The van der Waals surface area contributed by atoms with Crippen molar-refractivity contribution in [3.8, 4) is 0 Å². The molecular formula is C7H4ClNaO2S. The third kappa shape index (κ3) is 2.68. The predicted octanol–water partition coefficient (Wildman–Crippen LogP) is -2.00. The van der Waals surface area contributed by atoms with Crippen LogP contribution in [0.1, 0.15) is 10.4 Å². The number of aromatic carboxylic acids is 1. The standard InChI is InChI=1S/C7H5ClO2S.Na/c8-4-2-1-3-5(11)6(4)7(9)10;/h1-3,11H,(H,9,10);/q;+1/p-1. The van der Waals surface area contributed by atoms with Crippen molar-refractivity contribution in [1.82, 2.24) is 0 Å². The molecule has 1 rings (SSSR count). The van der Waals surface area contributed by atoms with Gasteiger partial charge < -0.3 is 9.90 Å². The van der Waals surface area contributed by atoms with E-state index < -0.39 is 5.97 Å². The maximum atomic E-state index is 10.4. The van der Waals surface area contributed by atoms with Crippen LogP contribution in [0, 0.1) is 0 Å². The first-order valence-electron chi connectivity index (χ1n) is 2.81. The van der Waals surface area contributed by atoms with Crippen molar-refractivity contribution in [2.45, 2.75) is 4.90 Å². The van der Waals surface area contributed by atoms with E-state index in [2.05, 4.69) is 12.6 Å². The molecule has 0 saturated heterocycles. The number of hydrogen-bond donors (Lipinski definition) is 1. The molecule has 2 nitrogen and oxygen atoms in total. The van der Waals surface area contributed by atoms with E-state index in [0.29, 0.717) is 4.90 Å².